The van der Waals surface area contributed by atoms with Gasteiger partial charge in [0, 0.05) is 31.2 Å². The molecule has 0 aliphatic carbocycles. The second-order valence-corrected chi connectivity index (χ2v) is 5.39. The van der Waals surface area contributed by atoms with E-state index in [1.807, 2.05) is 36.9 Å². The number of primary amides is 1. The highest BCUT2D eigenvalue weighted by atomic mass is 16.2. The molecule has 6 nitrogen and oxygen atoms in total. The van der Waals surface area contributed by atoms with Gasteiger partial charge in [0.15, 0.2) is 0 Å². The van der Waals surface area contributed by atoms with E-state index in [1.165, 1.54) is 0 Å². The molecule has 5 N–H and O–H groups in total. The van der Waals surface area contributed by atoms with Gasteiger partial charge in [0.2, 0.25) is 11.8 Å². The van der Waals surface area contributed by atoms with Gasteiger partial charge in [-0.3, -0.25) is 14.5 Å². The van der Waals surface area contributed by atoms with Crippen LogP contribution in [0.25, 0.3) is 0 Å². The Kier molecular flexibility index (Phi) is 6.68. The van der Waals surface area contributed by atoms with Crippen LogP contribution in [0.3, 0.4) is 0 Å². The van der Waals surface area contributed by atoms with Crippen molar-refractivity contribution >= 4 is 17.5 Å². The number of carbonyl (C=O) groups is 2. The molecule has 0 aliphatic heterocycles. The predicted octanol–water partition coefficient (Wildman–Crippen LogP) is 0.471. The van der Waals surface area contributed by atoms with Gasteiger partial charge in [-0.1, -0.05) is 12.1 Å². The summed E-state index contributed by atoms with van der Waals surface area (Å²) in [6.45, 7) is 4.93. The molecule has 0 heterocycles. The zero-order valence-electron chi connectivity index (χ0n) is 12.6. The molecule has 0 atom stereocenters. The lowest BCUT2D eigenvalue weighted by Gasteiger charge is -2.21. The van der Waals surface area contributed by atoms with Gasteiger partial charge in [0.25, 0.3) is 0 Å². The SMILES string of the molecule is CC(C)NC(=O)CCN(CC(N)=O)Cc1cccc(N)c1. The molecule has 0 saturated heterocycles. The number of amides is 2. The van der Waals surface area contributed by atoms with Crippen molar-refractivity contribution in [3.05, 3.63) is 29.8 Å². The number of rotatable bonds is 8. The van der Waals surface area contributed by atoms with Crippen LogP contribution in [0.2, 0.25) is 0 Å². The first-order chi connectivity index (χ1) is 9.86. The molecule has 0 aliphatic rings. The Morgan fingerprint density at radius 3 is 2.62 bits per heavy atom. The van der Waals surface area contributed by atoms with Crippen LogP contribution in [0.4, 0.5) is 5.69 Å². The van der Waals surface area contributed by atoms with E-state index >= 15 is 0 Å². The molecule has 0 unspecified atom stereocenters. The van der Waals surface area contributed by atoms with Crippen molar-refractivity contribution in [1.29, 1.82) is 0 Å². The second-order valence-electron chi connectivity index (χ2n) is 5.39. The third kappa shape index (κ3) is 7.31. The normalized spacial score (nSPS) is 10.9. The second kappa shape index (κ2) is 8.26. The molecular formula is C15H24N4O2. The Hall–Kier alpha value is -2.08. The first-order valence-corrected chi connectivity index (χ1v) is 7.01. The summed E-state index contributed by atoms with van der Waals surface area (Å²) in [5.74, 6) is -0.449. The highest BCUT2D eigenvalue weighted by molar-refractivity contribution is 5.77. The number of hydrogen-bond donors (Lipinski definition) is 3. The molecular weight excluding hydrogens is 268 g/mol. The minimum atomic E-state index is -0.414. The van der Waals surface area contributed by atoms with E-state index in [9.17, 15) is 9.59 Å². The summed E-state index contributed by atoms with van der Waals surface area (Å²) in [4.78, 5) is 24.7. The van der Waals surface area contributed by atoms with Crippen molar-refractivity contribution < 1.29 is 9.59 Å². The van der Waals surface area contributed by atoms with Crippen LogP contribution in [-0.2, 0) is 16.1 Å². The van der Waals surface area contributed by atoms with Gasteiger partial charge in [0.1, 0.15) is 0 Å². The molecule has 1 rings (SSSR count). The third-order valence-corrected chi connectivity index (χ3v) is 2.84. The number of nitrogens with zero attached hydrogens (tertiary/aromatic N) is 1. The maximum absolute atomic E-state index is 11.7. The van der Waals surface area contributed by atoms with Crippen molar-refractivity contribution in [3.8, 4) is 0 Å². The zero-order valence-corrected chi connectivity index (χ0v) is 12.6. The smallest absolute Gasteiger partial charge is 0.231 e. The fourth-order valence-electron chi connectivity index (χ4n) is 2.04. The van der Waals surface area contributed by atoms with Crippen LogP contribution in [0.5, 0.6) is 0 Å². The lowest BCUT2D eigenvalue weighted by molar-refractivity contribution is -0.123. The molecule has 0 radical (unpaired) electrons. The molecule has 1 aromatic carbocycles. The number of carbonyl (C=O) groups excluding carboxylic acids is 2. The lowest BCUT2D eigenvalue weighted by atomic mass is 10.2. The van der Waals surface area contributed by atoms with Crippen LogP contribution < -0.4 is 16.8 Å². The summed E-state index contributed by atoms with van der Waals surface area (Å²) in [6, 6.07) is 7.55. The number of nitrogens with two attached hydrogens (primary N) is 2. The maximum Gasteiger partial charge on any atom is 0.231 e. The third-order valence-electron chi connectivity index (χ3n) is 2.84. The highest BCUT2D eigenvalue weighted by Crippen LogP contribution is 2.09. The molecule has 0 spiro atoms. The van der Waals surface area contributed by atoms with Gasteiger partial charge in [-0.05, 0) is 31.5 Å². The van der Waals surface area contributed by atoms with E-state index in [-0.39, 0.29) is 18.5 Å². The van der Waals surface area contributed by atoms with Gasteiger partial charge >= 0.3 is 0 Å². The van der Waals surface area contributed by atoms with E-state index in [4.69, 9.17) is 11.5 Å². The van der Waals surface area contributed by atoms with E-state index < -0.39 is 5.91 Å². The molecule has 116 valence electrons. The molecule has 0 bridgehead atoms. The lowest BCUT2D eigenvalue weighted by Crippen LogP contribution is -2.37. The molecule has 0 fully saturated rings. The van der Waals surface area contributed by atoms with Gasteiger partial charge in [-0.25, -0.2) is 0 Å². The summed E-state index contributed by atoms with van der Waals surface area (Å²) >= 11 is 0. The van der Waals surface area contributed by atoms with E-state index in [0.29, 0.717) is 25.2 Å². The number of nitrogen functional groups attached to an aromatic ring is 1. The highest BCUT2D eigenvalue weighted by Gasteiger charge is 2.12. The Morgan fingerprint density at radius 2 is 2.05 bits per heavy atom. The van der Waals surface area contributed by atoms with Crippen molar-refractivity contribution in [2.24, 2.45) is 5.73 Å². The summed E-state index contributed by atoms with van der Waals surface area (Å²) in [6.07, 6.45) is 0.327. The predicted molar refractivity (Wildman–Crippen MR) is 83.2 cm³/mol. The molecule has 1 aromatic rings. The van der Waals surface area contributed by atoms with Crippen molar-refractivity contribution in [2.75, 3.05) is 18.8 Å². The Morgan fingerprint density at radius 1 is 1.33 bits per heavy atom. The van der Waals surface area contributed by atoms with Crippen LogP contribution in [0, 0.1) is 0 Å². The number of anilines is 1. The van der Waals surface area contributed by atoms with Crippen LogP contribution >= 0.6 is 0 Å². The summed E-state index contributed by atoms with van der Waals surface area (Å²) < 4.78 is 0. The van der Waals surface area contributed by atoms with E-state index in [1.54, 1.807) is 6.07 Å². The first-order valence-electron chi connectivity index (χ1n) is 7.01. The van der Waals surface area contributed by atoms with Gasteiger partial charge < -0.3 is 16.8 Å². The average Bonchev–Trinajstić information content (AvgIpc) is 2.34. The molecule has 21 heavy (non-hydrogen) atoms. The maximum atomic E-state index is 11.7. The minimum Gasteiger partial charge on any atom is -0.399 e. The summed E-state index contributed by atoms with van der Waals surface area (Å²) in [5, 5.41) is 2.82. The molecule has 0 aromatic heterocycles. The van der Waals surface area contributed by atoms with Crippen molar-refractivity contribution in [2.45, 2.75) is 32.9 Å². The van der Waals surface area contributed by atoms with Crippen LogP contribution in [0.15, 0.2) is 24.3 Å². The fourth-order valence-corrected chi connectivity index (χ4v) is 2.04. The van der Waals surface area contributed by atoms with Crippen molar-refractivity contribution in [1.82, 2.24) is 10.2 Å². The Balaban J connectivity index is 2.59. The summed E-state index contributed by atoms with van der Waals surface area (Å²) in [7, 11) is 0. The fraction of sp³-hybridized carbons (Fsp3) is 0.467. The van der Waals surface area contributed by atoms with E-state index in [2.05, 4.69) is 5.32 Å². The standard InChI is InChI=1S/C15H24N4O2/c1-11(2)18-15(21)6-7-19(10-14(17)20)9-12-4-3-5-13(16)8-12/h3-5,8,11H,6-7,9-10,16H2,1-2H3,(H2,17,20)(H,18,21). The average molecular weight is 292 g/mol. The van der Waals surface area contributed by atoms with Gasteiger partial charge in [-0.2, -0.15) is 0 Å². The van der Waals surface area contributed by atoms with Gasteiger partial charge in [0.05, 0.1) is 6.54 Å². The summed E-state index contributed by atoms with van der Waals surface area (Å²) in [5.41, 5.74) is 12.7. The Bertz CT molecular complexity index is 488. The number of hydrogen-bond acceptors (Lipinski definition) is 4. The minimum absolute atomic E-state index is 0.0351. The monoisotopic (exact) mass is 292 g/mol. The Labute approximate surface area is 125 Å². The van der Waals surface area contributed by atoms with Gasteiger partial charge in [-0.15, -0.1) is 0 Å². The zero-order chi connectivity index (χ0) is 15.8. The topological polar surface area (TPSA) is 101 Å². The molecule has 0 saturated carbocycles. The number of nitrogens with one attached hydrogen (secondary N) is 1. The van der Waals surface area contributed by atoms with Crippen molar-refractivity contribution in [3.63, 3.8) is 0 Å². The number of benzene rings is 1. The quantitative estimate of drug-likeness (QED) is 0.606. The van der Waals surface area contributed by atoms with E-state index in [0.717, 1.165) is 5.56 Å². The molecule has 2 amide bonds. The van der Waals surface area contributed by atoms with Crippen LogP contribution in [0.1, 0.15) is 25.8 Å². The van der Waals surface area contributed by atoms with Crippen LogP contribution in [-0.4, -0.2) is 35.8 Å². The largest absolute Gasteiger partial charge is 0.399 e. The first kappa shape index (κ1) is 17.0. The molecule has 6 heteroatoms.